The van der Waals surface area contributed by atoms with Crippen molar-refractivity contribution in [2.24, 2.45) is 11.8 Å². The Balaban J connectivity index is 1.48. The Morgan fingerprint density at radius 2 is 1.89 bits per heavy atom. The average molecular weight is 261 g/mol. The van der Waals surface area contributed by atoms with E-state index < -0.39 is 0 Å². The van der Waals surface area contributed by atoms with Crippen LogP contribution in [0.3, 0.4) is 0 Å². The van der Waals surface area contributed by atoms with Gasteiger partial charge in [0.05, 0.1) is 0 Å². The summed E-state index contributed by atoms with van der Waals surface area (Å²) in [5.41, 5.74) is 6.42. The molecule has 0 bridgehead atoms. The van der Waals surface area contributed by atoms with E-state index in [1.54, 1.807) is 22.9 Å². The minimum Gasteiger partial charge on any atom is -0.398 e. The third-order valence-corrected chi connectivity index (χ3v) is 4.68. The van der Waals surface area contributed by atoms with E-state index in [1.807, 2.05) is 0 Å². The summed E-state index contributed by atoms with van der Waals surface area (Å²) < 4.78 is 1.73. The molecule has 2 aliphatic rings. The normalized spacial score (nSPS) is 26.7. The number of likely N-dealkylation sites (tertiary alicyclic amines) is 1. The van der Waals surface area contributed by atoms with Crippen molar-refractivity contribution < 1.29 is 0 Å². The maximum absolute atomic E-state index is 11.7. The van der Waals surface area contributed by atoms with E-state index in [1.165, 1.54) is 32.4 Å². The SMILES string of the molecule is Nc1ccc(=O)n(CCCN2CC3CCCC3C2)c1. The smallest absolute Gasteiger partial charge is 0.250 e. The van der Waals surface area contributed by atoms with Crippen LogP contribution in [0.25, 0.3) is 0 Å². The van der Waals surface area contributed by atoms with Gasteiger partial charge in [0.25, 0.3) is 5.56 Å². The van der Waals surface area contributed by atoms with Crippen LogP contribution in [0.4, 0.5) is 5.69 Å². The monoisotopic (exact) mass is 261 g/mol. The van der Waals surface area contributed by atoms with Gasteiger partial charge < -0.3 is 15.2 Å². The Labute approximate surface area is 114 Å². The molecule has 0 spiro atoms. The zero-order valence-electron chi connectivity index (χ0n) is 11.4. The Hall–Kier alpha value is -1.29. The van der Waals surface area contributed by atoms with Gasteiger partial charge in [-0.2, -0.15) is 0 Å². The quantitative estimate of drug-likeness (QED) is 0.894. The van der Waals surface area contributed by atoms with Crippen molar-refractivity contribution in [2.45, 2.75) is 32.2 Å². The topological polar surface area (TPSA) is 51.3 Å². The molecule has 1 saturated carbocycles. The first kappa shape index (κ1) is 12.7. The molecule has 4 heteroatoms. The lowest BCUT2D eigenvalue weighted by molar-refractivity contribution is 0.299. The van der Waals surface area contributed by atoms with E-state index in [4.69, 9.17) is 5.73 Å². The summed E-state index contributed by atoms with van der Waals surface area (Å²) in [7, 11) is 0. The van der Waals surface area contributed by atoms with Crippen LogP contribution >= 0.6 is 0 Å². The lowest BCUT2D eigenvalue weighted by Gasteiger charge is -2.16. The number of aromatic nitrogens is 1. The van der Waals surface area contributed by atoms with Crippen molar-refractivity contribution in [3.8, 4) is 0 Å². The molecule has 2 atom stereocenters. The number of hydrogen-bond donors (Lipinski definition) is 1. The van der Waals surface area contributed by atoms with Gasteiger partial charge in [0.1, 0.15) is 0 Å². The van der Waals surface area contributed by atoms with E-state index in [9.17, 15) is 4.79 Å². The molecule has 3 rings (SSSR count). The van der Waals surface area contributed by atoms with Crippen LogP contribution in [-0.2, 0) is 6.54 Å². The summed E-state index contributed by atoms with van der Waals surface area (Å²) in [6, 6.07) is 3.22. The van der Waals surface area contributed by atoms with Crippen LogP contribution in [0.15, 0.2) is 23.1 Å². The predicted molar refractivity (Wildman–Crippen MR) is 77.0 cm³/mol. The number of fused-ring (bicyclic) bond motifs is 1. The first-order valence-corrected chi connectivity index (χ1v) is 7.41. The van der Waals surface area contributed by atoms with Crippen LogP contribution < -0.4 is 11.3 Å². The fourth-order valence-electron chi connectivity index (χ4n) is 3.70. The Kier molecular flexibility index (Phi) is 3.60. The van der Waals surface area contributed by atoms with Gasteiger partial charge in [0.2, 0.25) is 0 Å². The molecule has 2 unspecified atom stereocenters. The lowest BCUT2D eigenvalue weighted by atomic mass is 10.0. The average Bonchev–Trinajstić information content (AvgIpc) is 2.94. The Bertz CT molecular complexity index is 484. The number of hydrogen-bond acceptors (Lipinski definition) is 3. The number of nitrogens with two attached hydrogens (primary N) is 1. The third-order valence-electron chi connectivity index (χ3n) is 4.68. The van der Waals surface area contributed by atoms with Crippen LogP contribution in [0.5, 0.6) is 0 Å². The second-order valence-electron chi connectivity index (χ2n) is 6.06. The molecule has 0 radical (unpaired) electrons. The summed E-state index contributed by atoms with van der Waals surface area (Å²) in [6.07, 6.45) is 7.07. The second-order valence-corrected chi connectivity index (χ2v) is 6.06. The van der Waals surface area contributed by atoms with Crippen LogP contribution in [0, 0.1) is 11.8 Å². The molecule has 104 valence electrons. The molecule has 2 heterocycles. The molecule has 4 nitrogen and oxygen atoms in total. The highest BCUT2D eigenvalue weighted by molar-refractivity contribution is 5.33. The molecule has 1 aromatic heterocycles. The van der Waals surface area contributed by atoms with Crippen molar-refractivity contribution in [1.29, 1.82) is 0 Å². The van der Waals surface area contributed by atoms with Crippen molar-refractivity contribution >= 4 is 5.69 Å². The zero-order chi connectivity index (χ0) is 13.2. The van der Waals surface area contributed by atoms with Gasteiger partial charge in [-0.3, -0.25) is 4.79 Å². The minimum atomic E-state index is 0.0486. The summed E-state index contributed by atoms with van der Waals surface area (Å²) in [5, 5.41) is 0. The van der Waals surface area contributed by atoms with E-state index >= 15 is 0 Å². The van der Waals surface area contributed by atoms with E-state index in [0.717, 1.165) is 31.3 Å². The fourth-order valence-corrected chi connectivity index (χ4v) is 3.70. The van der Waals surface area contributed by atoms with Crippen molar-refractivity contribution in [3.05, 3.63) is 28.7 Å². The number of nitrogen functional groups attached to an aromatic ring is 1. The Morgan fingerprint density at radius 3 is 2.63 bits per heavy atom. The molecule has 0 amide bonds. The number of aryl methyl sites for hydroxylation is 1. The first-order chi connectivity index (χ1) is 9.22. The summed E-state index contributed by atoms with van der Waals surface area (Å²) in [5.74, 6) is 1.91. The van der Waals surface area contributed by atoms with Gasteiger partial charge in [-0.15, -0.1) is 0 Å². The van der Waals surface area contributed by atoms with Gasteiger partial charge in [-0.25, -0.2) is 0 Å². The number of pyridine rings is 1. The maximum atomic E-state index is 11.7. The summed E-state index contributed by atoms with van der Waals surface area (Å²) in [6.45, 7) is 4.43. The first-order valence-electron chi connectivity index (χ1n) is 7.41. The highest BCUT2D eigenvalue weighted by Crippen LogP contribution is 2.37. The summed E-state index contributed by atoms with van der Waals surface area (Å²) >= 11 is 0. The maximum Gasteiger partial charge on any atom is 0.250 e. The van der Waals surface area contributed by atoms with Gasteiger partial charge in [0.15, 0.2) is 0 Å². The molecule has 1 aliphatic carbocycles. The zero-order valence-corrected chi connectivity index (χ0v) is 11.4. The highest BCUT2D eigenvalue weighted by atomic mass is 16.1. The largest absolute Gasteiger partial charge is 0.398 e. The Morgan fingerprint density at radius 1 is 1.16 bits per heavy atom. The number of nitrogens with zero attached hydrogens (tertiary/aromatic N) is 2. The van der Waals surface area contributed by atoms with E-state index in [2.05, 4.69) is 4.90 Å². The molecular weight excluding hydrogens is 238 g/mol. The molecule has 19 heavy (non-hydrogen) atoms. The fraction of sp³-hybridized carbons (Fsp3) is 0.667. The summed E-state index contributed by atoms with van der Waals surface area (Å²) in [4.78, 5) is 14.2. The molecular formula is C15H23N3O. The minimum absolute atomic E-state index is 0.0486. The van der Waals surface area contributed by atoms with E-state index in [-0.39, 0.29) is 5.56 Å². The molecule has 1 aliphatic heterocycles. The highest BCUT2D eigenvalue weighted by Gasteiger charge is 2.35. The molecule has 1 aromatic rings. The number of anilines is 1. The standard InChI is InChI=1S/C15H23N3O/c16-14-5-6-15(19)18(11-14)8-2-7-17-9-12-3-1-4-13(12)10-17/h5-6,11-13H,1-4,7-10,16H2. The lowest BCUT2D eigenvalue weighted by Crippen LogP contribution is -2.26. The molecule has 2 N–H and O–H groups in total. The van der Waals surface area contributed by atoms with Crippen LogP contribution in [0.1, 0.15) is 25.7 Å². The van der Waals surface area contributed by atoms with Crippen molar-refractivity contribution in [1.82, 2.24) is 9.47 Å². The van der Waals surface area contributed by atoms with Gasteiger partial charge in [-0.1, -0.05) is 6.42 Å². The van der Waals surface area contributed by atoms with Gasteiger partial charge in [0, 0.05) is 37.6 Å². The predicted octanol–water partition coefficient (Wildman–Crippen LogP) is 1.55. The van der Waals surface area contributed by atoms with Gasteiger partial charge >= 0.3 is 0 Å². The van der Waals surface area contributed by atoms with Crippen molar-refractivity contribution in [2.75, 3.05) is 25.4 Å². The third kappa shape index (κ3) is 2.84. The molecule has 0 aromatic carbocycles. The molecule has 2 fully saturated rings. The van der Waals surface area contributed by atoms with E-state index in [0.29, 0.717) is 5.69 Å². The number of rotatable bonds is 4. The van der Waals surface area contributed by atoms with Crippen LogP contribution in [0.2, 0.25) is 0 Å². The van der Waals surface area contributed by atoms with Gasteiger partial charge in [-0.05, 0) is 43.7 Å². The van der Waals surface area contributed by atoms with Crippen LogP contribution in [-0.4, -0.2) is 29.1 Å². The second kappa shape index (κ2) is 5.37. The van der Waals surface area contributed by atoms with Crippen molar-refractivity contribution in [3.63, 3.8) is 0 Å². The molecule has 1 saturated heterocycles.